The van der Waals surface area contributed by atoms with Crippen LogP contribution in [0.2, 0.25) is 0 Å². The van der Waals surface area contributed by atoms with Crippen LogP contribution in [0.5, 0.6) is 0 Å². The Labute approximate surface area is 117 Å². The van der Waals surface area contributed by atoms with E-state index in [4.69, 9.17) is 9.84 Å². The molecule has 0 aliphatic carbocycles. The number of carbonyl (C=O) groups is 2. The summed E-state index contributed by atoms with van der Waals surface area (Å²) in [5.74, 6) is -1.28. The van der Waals surface area contributed by atoms with E-state index in [1.165, 1.54) is 18.3 Å². The molecule has 1 aromatic heterocycles. The Bertz CT molecular complexity index is 480. The summed E-state index contributed by atoms with van der Waals surface area (Å²) in [4.78, 5) is 28.4. The van der Waals surface area contributed by atoms with Gasteiger partial charge in [0.1, 0.15) is 5.69 Å². The normalized spacial score (nSPS) is 18.6. The molecule has 6 heteroatoms. The lowest BCUT2D eigenvalue weighted by atomic mass is 10.1. The van der Waals surface area contributed by atoms with Crippen LogP contribution in [0, 0.1) is 0 Å². The zero-order valence-corrected chi connectivity index (χ0v) is 11.4. The predicted octanol–water partition coefficient (Wildman–Crippen LogP) is 1.42. The van der Waals surface area contributed by atoms with Gasteiger partial charge < -0.3 is 14.7 Å². The van der Waals surface area contributed by atoms with Crippen molar-refractivity contribution in [2.45, 2.75) is 25.4 Å². The van der Waals surface area contributed by atoms with Gasteiger partial charge in [-0.1, -0.05) is 0 Å². The zero-order chi connectivity index (χ0) is 14.5. The molecule has 2 heterocycles. The van der Waals surface area contributed by atoms with Crippen LogP contribution >= 0.6 is 0 Å². The van der Waals surface area contributed by atoms with E-state index < -0.39 is 5.97 Å². The quantitative estimate of drug-likeness (QED) is 0.901. The van der Waals surface area contributed by atoms with E-state index in [0.717, 1.165) is 25.9 Å². The molecule has 2 rings (SSSR count). The number of carboxylic acids is 1. The molecule has 1 aliphatic heterocycles. The van der Waals surface area contributed by atoms with E-state index in [1.54, 1.807) is 11.9 Å². The van der Waals surface area contributed by atoms with Gasteiger partial charge in [-0.25, -0.2) is 4.79 Å². The van der Waals surface area contributed by atoms with Crippen molar-refractivity contribution in [2.75, 3.05) is 20.2 Å². The number of carbonyl (C=O) groups excluding carboxylic acids is 1. The maximum absolute atomic E-state index is 12.2. The summed E-state index contributed by atoms with van der Waals surface area (Å²) in [6, 6.07) is 2.82. The van der Waals surface area contributed by atoms with Crippen LogP contribution in [0.25, 0.3) is 0 Å². The van der Waals surface area contributed by atoms with Crippen LogP contribution in [0.3, 0.4) is 0 Å². The molecule has 1 N–H and O–H groups in total. The smallest absolute Gasteiger partial charge is 0.337 e. The largest absolute Gasteiger partial charge is 0.478 e. The molecule has 1 aliphatic rings. The molecule has 1 amide bonds. The van der Waals surface area contributed by atoms with Gasteiger partial charge in [-0.3, -0.25) is 9.78 Å². The summed E-state index contributed by atoms with van der Waals surface area (Å²) >= 11 is 0. The highest BCUT2D eigenvalue weighted by atomic mass is 16.5. The number of aromatic carboxylic acids is 1. The molecule has 0 saturated carbocycles. The first-order valence-corrected chi connectivity index (χ1v) is 6.64. The molecule has 108 valence electrons. The van der Waals surface area contributed by atoms with Gasteiger partial charge in [0.05, 0.1) is 11.7 Å². The highest BCUT2D eigenvalue weighted by molar-refractivity contribution is 5.93. The van der Waals surface area contributed by atoms with E-state index in [-0.39, 0.29) is 23.3 Å². The van der Waals surface area contributed by atoms with Crippen molar-refractivity contribution >= 4 is 11.9 Å². The standard InChI is InChI=1S/C14H18N2O4/c1-16(9-11-4-2-3-7-20-11)13(17)12-6-5-10(8-15-12)14(18)19/h5-6,8,11H,2-4,7,9H2,1H3,(H,18,19). The lowest BCUT2D eigenvalue weighted by Crippen LogP contribution is -2.37. The number of rotatable bonds is 4. The molecule has 1 atom stereocenters. The van der Waals surface area contributed by atoms with Crippen LogP contribution < -0.4 is 0 Å². The molecule has 1 unspecified atom stereocenters. The average molecular weight is 278 g/mol. The first kappa shape index (κ1) is 14.5. The second-order valence-electron chi connectivity index (χ2n) is 4.91. The Morgan fingerprint density at radius 3 is 2.80 bits per heavy atom. The van der Waals surface area contributed by atoms with Gasteiger partial charge in [-0.15, -0.1) is 0 Å². The third kappa shape index (κ3) is 3.54. The third-order valence-electron chi connectivity index (χ3n) is 3.33. The van der Waals surface area contributed by atoms with Crippen molar-refractivity contribution in [3.8, 4) is 0 Å². The minimum absolute atomic E-state index is 0.0693. The van der Waals surface area contributed by atoms with Crippen LogP contribution in [0.4, 0.5) is 0 Å². The molecular weight excluding hydrogens is 260 g/mol. The fourth-order valence-electron chi connectivity index (χ4n) is 2.18. The van der Waals surface area contributed by atoms with Gasteiger partial charge >= 0.3 is 5.97 Å². The highest BCUT2D eigenvalue weighted by Crippen LogP contribution is 2.14. The molecule has 1 fully saturated rings. The fraction of sp³-hybridized carbons (Fsp3) is 0.500. The van der Waals surface area contributed by atoms with Gasteiger partial charge in [0.25, 0.3) is 5.91 Å². The Morgan fingerprint density at radius 1 is 1.45 bits per heavy atom. The number of carboxylic acid groups (broad SMARTS) is 1. The summed E-state index contributed by atoms with van der Waals surface area (Å²) in [7, 11) is 1.70. The molecule has 20 heavy (non-hydrogen) atoms. The number of ether oxygens (including phenoxy) is 1. The van der Waals surface area contributed by atoms with Crippen LogP contribution in [0.15, 0.2) is 18.3 Å². The molecule has 0 bridgehead atoms. The molecule has 6 nitrogen and oxygen atoms in total. The molecular formula is C14H18N2O4. The number of likely N-dealkylation sites (N-methyl/N-ethyl adjacent to an activating group) is 1. The van der Waals surface area contributed by atoms with Gasteiger partial charge in [0.2, 0.25) is 0 Å². The summed E-state index contributed by atoms with van der Waals surface area (Å²) in [5.41, 5.74) is 0.313. The Balaban J connectivity index is 1.96. The van der Waals surface area contributed by atoms with Crippen molar-refractivity contribution in [1.82, 2.24) is 9.88 Å². The number of hydrogen-bond donors (Lipinski definition) is 1. The van der Waals surface area contributed by atoms with Gasteiger partial charge in [-0.05, 0) is 31.4 Å². The number of hydrogen-bond acceptors (Lipinski definition) is 4. The minimum atomic E-state index is -1.06. The monoisotopic (exact) mass is 278 g/mol. The Hall–Kier alpha value is -1.95. The van der Waals surface area contributed by atoms with E-state index >= 15 is 0 Å². The lowest BCUT2D eigenvalue weighted by Gasteiger charge is -2.27. The van der Waals surface area contributed by atoms with Gasteiger partial charge in [0.15, 0.2) is 0 Å². The highest BCUT2D eigenvalue weighted by Gasteiger charge is 2.20. The van der Waals surface area contributed by atoms with E-state index in [2.05, 4.69) is 4.98 Å². The molecule has 0 spiro atoms. The van der Waals surface area contributed by atoms with Crippen molar-refractivity contribution in [2.24, 2.45) is 0 Å². The summed E-state index contributed by atoms with van der Waals surface area (Å²) in [6.45, 7) is 1.28. The zero-order valence-electron chi connectivity index (χ0n) is 11.4. The van der Waals surface area contributed by atoms with Crippen molar-refractivity contribution < 1.29 is 19.4 Å². The number of aromatic nitrogens is 1. The van der Waals surface area contributed by atoms with Crippen molar-refractivity contribution in [3.05, 3.63) is 29.6 Å². The predicted molar refractivity (Wildman–Crippen MR) is 71.7 cm³/mol. The van der Waals surface area contributed by atoms with Crippen LogP contribution in [-0.2, 0) is 4.74 Å². The van der Waals surface area contributed by atoms with E-state index in [9.17, 15) is 9.59 Å². The van der Waals surface area contributed by atoms with E-state index in [0.29, 0.717) is 6.54 Å². The average Bonchev–Trinajstić information content (AvgIpc) is 2.47. The maximum Gasteiger partial charge on any atom is 0.337 e. The second-order valence-corrected chi connectivity index (χ2v) is 4.91. The Morgan fingerprint density at radius 2 is 2.25 bits per heavy atom. The minimum Gasteiger partial charge on any atom is -0.478 e. The number of pyridine rings is 1. The van der Waals surface area contributed by atoms with E-state index in [1.807, 2.05) is 0 Å². The summed E-state index contributed by atoms with van der Waals surface area (Å²) < 4.78 is 5.59. The van der Waals surface area contributed by atoms with Crippen molar-refractivity contribution in [3.63, 3.8) is 0 Å². The van der Waals surface area contributed by atoms with Crippen LogP contribution in [0.1, 0.15) is 40.1 Å². The molecule has 1 aromatic rings. The first-order valence-electron chi connectivity index (χ1n) is 6.64. The SMILES string of the molecule is CN(CC1CCCCO1)C(=O)c1ccc(C(=O)O)cn1. The van der Waals surface area contributed by atoms with Crippen molar-refractivity contribution in [1.29, 1.82) is 0 Å². The first-order chi connectivity index (χ1) is 9.58. The number of amides is 1. The fourth-order valence-corrected chi connectivity index (χ4v) is 2.18. The van der Waals surface area contributed by atoms with Crippen LogP contribution in [-0.4, -0.2) is 53.2 Å². The maximum atomic E-state index is 12.2. The summed E-state index contributed by atoms with van der Waals surface area (Å²) in [5, 5.41) is 8.79. The van der Waals surface area contributed by atoms with Gasteiger partial charge in [-0.2, -0.15) is 0 Å². The Kier molecular flexibility index (Phi) is 4.68. The summed E-state index contributed by atoms with van der Waals surface area (Å²) in [6.07, 6.45) is 4.43. The second kappa shape index (κ2) is 6.47. The topological polar surface area (TPSA) is 79.7 Å². The number of nitrogens with zero attached hydrogens (tertiary/aromatic N) is 2. The third-order valence-corrected chi connectivity index (χ3v) is 3.33. The lowest BCUT2D eigenvalue weighted by molar-refractivity contribution is -0.000290. The van der Waals surface area contributed by atoms with Gasteiger partial charge in [0, 0.05) is 26.4 Å². The molecule has 0 radical (unpaired) electrons. The molecule has 0 aromatic carbocycles. The molecule has 1 saturated heterocycles.